The third kappa shape index (κ3) is 4.14. The van der Waals surface area contributed by atoms with Crippen molar-refractivity contribution in [2.24, 2.45) is 0 Å². The smallest absolute Gasteiger partial charge is 0.337 e. The highest BCUT2D eigenvalue weighted by atomic mass is 31.2. The number of hydrogen-bond donors (Lipinski definition) is 0. The molecular formula is C15H18NO4P. The normalized spacial score (nSPS) is 11.5. The molecule has 0 N–H and O–H groups in total. The van der Waals surface area contributed by atoms with Gasteiger partial charge in [0.25, 0.3) is 0 Å². The molecule has 2 rings (SSSR count). The fourth-order valence-corrected chi connectivity index (χ4v) is 2.94. The van der Waals surface area contributed by atoms with Crippen LogP contribution >= 0.6 is 7.60 Å². The molecule has 112 valence electrons. The fraction of sp³-hybridized carbons (Fsp3) is 0.267. The first-order chi connectivity index (χ1) is 10.1. The minimum absolute atomic E-state index is 0.253. The lowest BCUT2D eigenvalue weighted by atomic mass is 10.1. The van der Waals surface area contributed by atoms with Crippen molar-refractivity contribution in [1.29, 1.82) is 0 Å². The number of carbonyl (C=O) groups excluding carboxylic acids is 1. The van der Waals surface area contributed by atoms with Gasteiger partial charge in [-0.1, -0.05) is 18.2 Å². The summed E-state index contributed by atoms with van der Waals surface area (Å²) in [6, 6.07) is 11.2. The Balaban J connectivity index is 2.13. The minimum atomic E-state index is -3.33. The SMILES string of the molecule is COP(=O)(CC(=O)c1cccc(Cn2cccc2)c1)OC. The van der Waals surface area contributed by atoms with Gasteiger partial charge in [0.2, 0.25) is 0 Å². The maximum atomic E-state index is 12.2. The number of Topliss-reactive ketones (excluding diaryl/α,β-unsaturated/α-hetero) is 1. The van der Waals surface area contributed by atoms with Gasteiger partial charge in [-0.25, -0.2) is 0 Å². The molecule has 0 aliphatic rings. The van der Waals surface area contributed by atoms with E-state index in [0.29, 0.717) is 12.1 Å². The number of benzene rings is 1. The Morgan fingerprint density at radius 3 is 2.43 bits per heavy atom. The Morgan fingerprint density at radius 1 is 1.14 bits per heavy atom. The van der Waals surface area contributed by atoms with Gasteiger partial charge in [-0.15, -0.1) is 0 Å². The van der Waals surface area contributed by atoms with Crippen molar-refractivity contribution in [1.82, 2.24) is 4.57 Å². The highest BCUT2D eigenvalue weighted by Crippen LogP contribution is 2.46. The average molecular weight is 307 g/mol. The van der Waals surface area contributed by atoms with Crippen LogP contribution < -0.4 is 0 Å². The Labute approximate surface area is 124 Å². The van der Waals surface area contributed by atoms with Crippen molar-refractivity contribution in [3.8, 4) is 0 Å². The first-order valence-electron chi connectivity index (χ1n) is 6.50. The van der Waals surface area contributed by atoms with Crippen molar-refractivity contribution in [2.45, 2.75) is 6.54 Å². The van der Waals surface area contributed by atoms with Crippen LogP contribution in [-0.4, -0.2) is 30.7 Å². The largest absolute Gasteiger partial charge is 0.350 e. The number of aromatic nitrogens is 1. The summed E-state index contributed by atoms with van der Waals surface area (Å²) in [5, 5.41) is 0. The van der Waals surface area contributed by atoms with Gasteiger partial charge in [0, 0.05) is 38.7 Å². The number of rotatable bonds is 7. The number of carbonyl (C=O) groups is 1. The predicted octanol–water partition coefficient (Wildman–Crippen LogP) is 3.21. The molecule has 0 bridgehead atoms. The molecule has 0 atom stereocenters. The fourth-order valence-electron chi connectivity index (χ4n) is 2.00. The predicted molar refractivity (Wildman–Crippen MR) is 80.8 cm³/mol. The molecule has 0 spiro atoms. The quantitative estimate of drug-likeness (QED) is 0.582. The molecule has 0 aliphatic carbocycles. The molecule has 0 radical (unpaired) electrons. The maximum Gasteiger partial charge on any atom is 0.337 e. The third-order valence-electron chi connectivity index (χ3n) is 3.17. The zero-order valence-corrected chi connectivity index (χ0v) is 13.0. The van der Waals surface area contributed by atoms with Crippen LogP contribution in [0, 0.1) is 0 Å². The van der Waals surface area contributed by atoms with Gasteiger partial charge in [-0.2, -0.15) is 0 Å². The monoisotopic (exact) mass is 307 g/mol. The molecule has 0 amide bonds. The lowest BCUT2D eigenvalue weighted by Crippen LogP contribution is -2.09. The van der Waals surface area contributed by atoms with Crippen LogP contribution in [-0.2, 0) is 20.2 Å². The van der Waals surface area contributed by atoms with Gasteiger partial charge < -0.3 is 13.6 Å². The van der Waals surface area contributed by atoms with Crippen LogP contribution in [0.15, 0.2) is 48.8 Å². The molecular weight excluding hydrogens is 289 g/mol. The van der Waals surface area contributed by atoms with E-state index in [0.717, 1.165) is 5.56 Å². The maximum absolute atomic E-state index is 12.2. The topological polar surface area (TPSA) is 57.5 Å². The molecule has 0 saturated carbocycles. The van der Waals surface area contributed by atoms with E-state index in [4.69, 9.17) is 9.05 Å². The van der Waals surface area contributed by atoms with Crippen molar-refractivity contribution < 1.29 is 18.4 Å². The Hall–Kier alpha value is -1.68. The van der Waals surface area contributed by atoms with E-state index in [1.807, 2.05) is 41.2 Å². The first-order valence-corrected chi connectivity index (χ1v) is 8.22. The van der Waals surface area contributed by atoms with Crippen molar-refractivity contribution in [2.75, 3.05) is 20.4 Å². The Kier molecular flexibility index (Phi) is 5.12. The number of hydrogen-bond acceptors (Lipinski definition) is 4. The van der Waals surface area contributed by atoms with Gasteiger partial charge in [-0.05, 0) is 23.8 Å². The van der Waals surface area contributed by atoms with E-state index < -0.39 is 7.60 Å². The Morgan fingerprint density at radius 2 is 1.81 bits per heavy atom. The molecule has 2 aromatic rings. The van der Waals surface area contributed by atoms with Gasteiger partial charge in [0.1, 0.15) is 6.16 Å². The van der Waals surface area contributed by atoms with Gasteiger partial charge >= 0.3 is 7.60 Å². The van der Waals surface area contributed by atoms with Crippen LogP contribution in [0.2, 0.25) is 0 Å². The molecule has 6 heteroatoms. The Bertz CT molecular complexity index is 643. The summed E-state index contributed by atoms with van der Waals surface area (Å²) in [7, 11) is -0.774. The summed E-state index contributed by atoms with van der Waals surface area (Å²) >= 11 is 0. The van der Waals surface area contributed by atoms with Crippen LogP contribution in [0.25, 0.3) is 0 Å². The van der Waals surface area contributed by atoms with E-state index in [1.54, 1.807) is 12.1 Å². The van der Waals surface area contributed by atoms with Gasteiger partial charge in [-0.3, -0.25) is 9.36 Å². The minimum Gasteiger partial charge on any atom is -0.350 e. The number of nitrogens with zero attached hydrogens (tertiary/aromatic N) is 1. The highest BCUT2D eigenvalue weighted by Gasteiger charge is 2.26. The lowest BCUT2D eigenvalue weighted by molar-refractivity contribution is 0.101. The summed E-state index contributed by atoms with van der Waals surface area (Å²) < 4.78 is 23.6. The van der Waals surface area contributed by atoms with E-state index in [9.17, 15) is 9.36 Å². The molecule has 0 aliphatic heterocycles. The summed E-state index contributed by atoms with van der Waals surface area (Å²) in [6.07, 6.45) is 3.66. The lowest BCUT2D eigenvalue weighted by Gasteiger charge is -2.13. The average Bonchev–Trinajstić information content (AvgIpc) is 3.00. The molecule has 21 heavy (non-hydrogen) atoms. The summed E-state index contributed by atoms with van der Waals surface area (Å²) in [6.45, 7) is 0.681. The van der Waals surface area contributed by atoms with E-state index in [-0.39, 0.29) is 11.9 Å². The second-order valence-electron chi connectivity index (χ2n) is 4.61. The zero-order chi connectivity index (χ0) is 15.3. The zero-order valence-electron chi connectivity index (χ0n) is 12.1. The molecule has 1 heterocycles. The van der Waals surface area contributed by atoms with Gasteiger partial charge in [0.15, 0.2) is 5.78 Å². The molecule has 1 aromatic heterocycles. The molecule has 0 fully saturated rings. The van der Waals surface area contributed by atoms with Gasteiger partial charge in [0.05, 0.1) is 0 Å². The van der Waals surface area contributed by atoms with Crippen molar-refractivity contribution >= 4 is 13.4 Å². The van der Waals surface area contributed by atoms with Crippen LogP contribution in [0.3, 0.4) is 0 Å². The molecule has 0 saturated heterocycles. The van der Waals surface area contributed by atoms with Crippen LogP contribution in [0.5, 0.6) is 0 Å². The molecule has 0 unspecified atom stereocenters. The van der Waals surface area contributed by atoms with Crippen LogP contribution in [0.4, 0.5) is 0 Å². The highest BCUT2D eigenvalue weighted by molar-refractivity contribution is 7.54. The second-order valence-corrected chi connectivity index (χ2v) is 6.88. The van der Waals surface area contributed by atoms with E-state index in [1.165, 1.54) is 14.2 Å². The van der Waals surface area contributed by atoms with E-state index >= 15 is 0 Å². The third-order valence-corrected chi connectivity index (χ3v) is 4.96. The molecule has 1 aromatic carbocycles. The summed E-state index contributed by atoms with van der Waals surface area (Å²) in [5.41, 5.74) is 1.51. The first kappa shape index (κ1) is 15.7. The van der Waals surface area contributed by atoms with Crippen LogP contribution in [0.1, 0.15) is 15.9 Å². The molecule has 5 nitrogen and oxygen atoms in total. The van der Waals surface area contributed by atoms with E-state index in [2.05, 4.69) is 0 Å². The van der Waals surface area contributed by atoms with Crippen molar-refractivity contribution in [3.63, 3.8) is 0 Å². The standard InChI is InChI=1S/C15H18NO4P/c1-19-21(18,20-2)12-15(17)14-7-5-6-13(10-14)11-16-8-3-4-9-16/h3-10H,11-12H2,1-2H3. The number of ketones is 1. The van der Waals surface area contributed by atoms with Crippen molar-refractivity contribution in [3.05, 3.63) is 59.9 Å². The summed E-state index contributed by atoms with van der Waals surface area (Å²) in [4.78, 5) is 12.2. The summed E-state index contributed by atoms with van der Waals surface area (Å²) in [5.74, 6) is -0.253. The second kappa shape index (κ2) is 6.85.